The number of aliphatic carboxylic acids is 1. The average molecular weight is 238 g/mol. The van der Waals surface area contributed by atoms with Gasteiger partial charge >= 0.3 is 5.97 Å². The zero-order valence-corrected chi connectivity index (χ0v) is 10.6. The number of piperazine rings is 1. The van der Waals surface area contributed by atoms with Crippen LogP contribution in [0.2, 0.25) is 0 Å². The van der Waals surface area contributed by atoms with Crippen LogP contribution in [-0.2, 0) is 4.79 Å². The molecule has 0 unspecified atom stereocenters. The zero-order chi connectivity index (χ0) is 12.3. The Balaban J connectivity index is 1.69. The second-order valence-electron chi connectivity index (χ2n) is 5.35. The fourth-order valence-electron chi connectivity index (χ4n) is 2.40. The van der Waals surface area contributed by atoms with Crippen molar-refractivity contribution in [2.75, 3.05) is 39.3 Å². The van der Waals surface area contributed by atoms with E-state index < -0.39 is 5.97 Å². The van der Waals surface area contributed by atoms with E-state index in [1.54, 1.807) is 0 Å². The summed E-state index contributed by atoms with van der Waals surface area (Å²) in [4.78, 5) is 15.4. The van der Waals surface area contributed by atoms with Crippen LogP contribution in [-0.4, -0.2) is 60.1 Å². The lowest BCUT2D eigenvalue weighted by atomic mass is 10.2. The smallest absolute Gasteiger partial charge is 0.328 e. The van der Waals surface area contributed by atoms with Crippen molar-refractivity contribution in [3.63, 3.8) is 0 Å². The monoisotopic (exact) mass is 238 g/mol. The molecule has 1 saturated carbocycles. The van der Waals surface area contributed by atoms with Crippen molar-refractivity contribution in [2.24, 2.45) is 5.92 Å². The maximum atomic E-state index is 10.5. The Morgan fingerprint density at radius 1 is 1.24 bits per heavy atom. The summed E-state index contributed by atoms with van der Waals surface area (Å²) in [5.41, 5.74) is 0.938. The van der Waals surface area contributed by atoms with E-state index in [-0.39, 0.29) is 0 Å². The fraction of sp³-hybridized carbons (Fsp3) is 0.769. The van der Waals surface area contributed by atoms with Gasteiger partial charge in [-0.2, -0.15) is 0 Å². The van der Waals surface area contributed by atoms with Gasteiger partial charge < -0.3 is 10.0 Å². The molecule has 0 atom stereocenters. The summed E-state index contributed by atoms with van der Waals surface area (Å²) in [5, 5.41) is 8.66. The number of rotatable bonds is 5. The minimum atomic E-state index is -0.838. The van der Waals surface area contributed by atoms with Gasteiger partial charge in [-0.05, 0) is 25.7 Å². The van der Waals surface area contributed by atoms with Crippen molar-refractivity contribution in [2.45, 2.75) is 19.8 Å². The highest BCUT2D eigenvalue weighted by Crippen LogP contribution is 2.29. The van der Waals surface area contributed by atoms with Crippen LogP contribution in [0.5, 0.6) is 0 Å². The summed E-state index contributed by atoms with van der Waals surface area (Å²) in [7, 11) is 0. The van der Waals surface area contributed by atoms with E-state index in [1.165, 1.54) is 25.5 Å². The van der Waals surface area contributed by atoms with E-state index in [9.17, 15) is 4.79 Å². The molecule has 1 aliphatic heterocycles. The van der Waals surface area contributed by atoms with Crippen molar-refractivity contribution >= 4 is 5.97 Å². The molecule has 4 heteroatoms. The lowest BCUT2D eigenvalue weighted by Gasteiger charge is -2.34. The molecular formula is C13H22N2O2. The summed E-state index contributed by atoms with van der Waals surface area (Å²) in [5.74, 6) is 0.130. The Kier molecular flexibility index (Phi) is 4.18. The summed E-state index contributed by atoms with van der Waals surface area (Å²) >= 11 is 0. The first-order valence-electron chi connectivity index (χ1n) is 6.48. The maximum Gasteiger partial charge on any atom is 0.328 e. The second kappa shape index (κ2) is 5.65. The van der Waals surface area contributed by atoms with Crippen LogP contribution < -0.4 is 0 Å². The Labute approximate surface area is 103 Å². The predicted molar refractivity (Wildman–Crippen MR) is 67.0 cm³/mol. The normalized spacial score (nSPS) is 23.9. The molecule has 4 nitrogen and oxygen atoms in total. The van der Waals surface area contributed by atoms with Crippen molar-refractivity contribution in [3.8, 4) is 0 Å². The summed E-state index contributed by atoms with van der Waals surface area (Å²) in [6.07, 6.45) is 4.15. The minimum Gasteiger partial charge on any atom is -0.478 e. The van der Waals surface area contributed by atoms with Gasteiger partial charge in [0, 0.05) is 45.3 Å². The van der Waals surface area contributed by atoms with E-state index in [4.69, 9.17) is 5.11 Å². The number of carbonyl (C=O) groups is 1. The third kappa shape index (κ3) is 4.48. The van der Waals surface area contributed by atoms with Crippen molar-refractivity contribution in [1.82, 2.24) is 9.80 Å². The zero-order valence-electron chi connectivity index (χ0n) is 10.6. The Morgan fingerprint density at radius 2 is 1.82 bits per heavy atom. The molecule has 1 aliphatic carbocycles. The largest absolute Gasteiger partial charge is 0.478 e. The van der Waals surface area contributed by atoms with Gasteiger partial charge in [-0.15, -0.1) is 0 Å². The first kappa shape index (κ1) is 12.6. The van der Waals surface area contributed by atoms with Gasteiger partial charge in [-0.3, -0.25) is 4.90 Å². The molecule has 1 N–H and O–H groups in total. The average Bonchev–Trinajstić information content (AvgIpc) is 3.03. The minimum absolute atomic E-state index is 0.795. The van der Waals surface area contributed by atoms with Gasteiger partial charge in [-0.1, -0.05) is 5.57 Å². The molecule has 0 spiro atoms. The molecule has 0 bridgehead atoms. The standard InChI is InChI=1S/C13H22N2O2/c1-11(8-13(16)17)9-14-4-6-15(7-5-14)10-12-2-3-12/h8,12H,2-7,9-10H2,1H3,(H,16,17). The molecule has 0 amide bonds. The highest BCUT2D eigenvalue weighted by atomic mass is 16.4. The molecule has 0 aromatic heterocycles. The first-order chi connectivity index (χ1) is 8.13. The van der Waals surface area contributed by atoms with Gasteiger partial charge in [-0.25, -0.2) is 4.79 Å². The van der Waals surface area contributed by atoms with Gasteiger partial charge in [0.2, 0.25) is 0 Å². The molecule has 0 radical (unpaired) electrons. The van der Waals surface area contributed by atoms with E-state index >= 15 is 0 Å². The van der Waals surface area contributed by atoms with Gasteiger partial charge in [0.1, 0.15) is 0 Å². The molecule has 2 fully saturated rings. The summed E-state index contributed by atoms with van der Waals surface area (Å²) in [6, 6.07) is 0. The van der Waals surface area contributed by atoms with Crippen LogP contribution in [0.4, 0.5) is 0 Å². The van der Waals surface area contributed by atoms with Crippen LogP contribution in [0.3, 0.4) is 0 Å². The van der Waals surface area contributed by atoms with Crippen molar-refractivity contribution in [1.29, 1.82) is 0 Å². The number of carboxylic acid groups (broad SMARTS) is 1. The van der Waals surface area contributed by atoms with Crippen LogP contribution in [0.1, 0.15) is 19.8 Å². The summed E-state index contributed by atoms with van der Waals surface area (Å²) < 4.78 is 0. The van der Waals surface area contributed by atoms with Gasteiger partial charge in [0.15, 0.2) is 0 Å². The summed E-state index contributed by atoms with van der Waals surface area (Å²) in [6.45, 7) is 8.37. The van der Waals surface area contributed by atoms with Crippen LogP contribution in [0, 0.1) is 5.92 Å². The fourth-order valence-corrected chi connectivity index (χ4v) is 2.40. The van der Waals surface area contributed by atoms with E-state index in [2.05, 4.69) is 9.80 Å². The molecule has 2 aliphatic rings. The maximum absolute atomic E-state index is 10.5. The molecule has 1 saturated heterocycles. The number of nitrogens with zero attached hydrogens (tertiary/aromatic N) is 2. The van der Waals surface area contributed by atoms with E-state index in [0.29, 0.717) is 0 Å². The van der Waals surface area contributed by atoms with E-state index in [0.717, 1.165) is 44.2 Å². The Hall–Kier alpha value is -0.870. The third-order valence-corrected chi connectivity index (χ3v) is 3.52. The van der Waals surface area contributed by atoms with Crippen LogP contribution in [0.15, 0.2) is 11.6 Å². The van der Waals surface area contributed by atoms with Gasteiger partial charge in [0.25, 0.3) is 0 Å². The van der Waals surface area contributed by atoms with Crippen LogP contribution in [0.25, 0.3) is 0 Å². The lowest BCUT2D eigenvalue weighted by Crippen LogP contribution is -2.47. The predicted octanol–water partition coefficient (Wildman–Crippen LogP) is 1.04. The third-order valence-electron chi connectivity index (χ3n) is 3.52. The molecule has 96 valence electrons. The number of hydrogen-bond donors (Lipinski definition) is 1. The lowest BCUT2D eigenvalue weighted by molar-refractivity contribution is -0.131. The number of carboxylic acids is 1. The SMILES string of the molecule is CC(=CC(=O)O)CN1CCN(CC2CC2)CC1. The Morgan fingerprint density at radius 3 is 2.35 bits per heavy atom. The van der Waals surface area contributed by atoms with Crippen molar-refractivity contribution < 1.29 is 9.90 Å². The highest BCUT2D eigenvalue weighted by Gasteiger charge is 2.26. The topological polar surface area (TPSA) is 43.8 Å². The van der Waals surface area contributed by atoms with Crippen LogP contribution >= 0.6 is 0 Å². The molecular weight excluding hydrogens is 216 g/mol. The first-order valence-corrected chi connectivity index (χ1v) is 6.48. The molecule has 17 heavy (non-hydrogen) atoms. The molecule has 0 aromatic rings. The highest BCUT2D eigenvalue weighted by molar-refractivity contribution is 5.80. The van der Waals surface area contributed by atoms with Gasteiger partial charge in [0.05, 0.1) is 0 Å². The van der Waals surface area contributed by atoms with E-state index in [1.807, 2.05) is 6.92 Å². The molecule has 0 aromatic carbocycles. The Bertz CT molecular complexity index is 303. The molecule has 2 rings (SSSR count). The number of hydrogen-bond acceptors (Lipinski definition) is 3. The van der Waals surface area contributed by atoms with Crippen molar-refractivity contribution in [3.05, 3.63) is 11.6 Å². The second-order valence-corrected chi connectivity index (χ2v) is 5.35. The quantitative estimate of drug-likeness (QED) is 0.727. The molecule has 1 heterocycles.